The van der Waals surface area contributed by atoms with Crippen LogP contribution in [-0.2, 0) is 5.54 Å². The lowest BCUT2D eigenvalue weighted by atomic mass is 9.98. The number of aryl methyl sites for hydroxylation is 1. The highest BCUT2D eigenvalue weighted by Crippen LogP contribution is 2.48. The maximum atomic E-state index is 13.2. The molecule has 3 aromatic rings. The first-order valence-corrected chi connectivity index (χ1v) is 10.7. The van der Waals surface area contributed by atoms with E-state index < -0.39 is 0 Å². The third-order valence-corrected chi connectivity index (χ3v) is 6.60. The molecule has 1 saturated carbocycles. The Morgan fingerprint density at radius 3 is 2.83 bits per heavy atom. The number of aromatic nitrogens is 1. The highest BCUT2D eigenvalue weighted by Gasteiger charge is 2.46. The predicted octanol–water partition coefficient (Wildman–Crippen LogP) is 4.05. The zero-order valence-electron chi connectivity index (χ0n) is 17.5. The smallest absolute Gasteiger partial charge is 0.252 e. The summed E-state index contributed by atoms with van der Waals surface area (Å²) in [4.78, 5) is 20.0. The predicted molar refractivity (Wildman–Crippen MR) is 118 cm³/mol. The summed E-state index contributed by atoms with van der Waals surface area (Å²) in [7, 11) is 2.11. The number of nitrogens with one attached hydrogen (secondary N) is 1. The summed E-state index contributed by atoms with van der Waals surface area (Å²) in [5, 5.41) is 4.43. The summed E-state index contributed by atoms with van der Waals surface area (Å²) in [6, 6.07) is 16.5. The molecule has 1 aliphatic carbocycles. The third kappa shape index (κ3) is 3.43. The van der Waals surface area contributed by atoms with E-state index >= 15 is 0 Å². The van der Waals surface area contributed by atoms with Gasteiger partial charge in [0.1, 0.15) is 12.4 Å². The van der Waals surface area contributed by atoms with E-state index in [0.29, 0.717) is 18.2 Å². The summed E-state index contributed by atoms with van der Waals surface area (Å²) in [5.41, 5.74) is 3.44. The number of pyridine rings is 1. The second kappa shape index (κ2) is 7.40. The maximum Gasteiger partial charge on any atom is 0.252 e. The van der Waals surface area contributed by atoms with Gasteiger partial charge in [0.2, 0.25) is 0 Å². The van der Waals surface area contributed by atoms with Gasteiger partial charge in [-0.25, -0.2) is 0 Å². The fourth-order valence-electron chi connectivity index (χ4n) is 4.30. The molecule has 2 heterocycles. The maximum absolute atomic E-state index is 13.2. The van der Waals surface area contributed by atoms with Crippen LogP contribution in [0.2, 0.25) is 0 Å². The van der Waals surface area contributed by atoms with Crippen molar-refractivity contribution in [2.24, 2.45) is 0 Å². The van der Waals surface area contributed by atoms with E-state index in [2.05, 4.69) is 34.4 Å². The normalized spacial score (nSPS) is 19.9. The molecule has 1 aromatic heterocycles. The Bertz CT molecular complexity index is 1100. The van der Waals surface area contributed by atoms with E-state index in [9.17, 15) is 4.79 Å². The molecule has 1 N–H and O–H groups in total. The van der Waals surface area contributed by atoms with Crippen LogP contribution < -0.4 is 10.1 Å². The fraction of sp³-hybridized carbons (Fsp3) is 0.360. The number of fused-ring (bicyclic) bond motifs is 1. The zero-order valence-corrected chi connectivity index (χ0v) is 17.5. The summed E-state index contributed by atoms with van der Waals surface area (Å²) in [6.45, 7) is 3.76. The number of carbonyl (C=O) groups is 1. The Morgan fingerprint density at radius 2 is 2.10 bits per heavy atom. The summed E-state index contributed by atoms with van der Waals surface area (Å²) in [6.07, 6.45) is 4.85. The highest BCUT2D eigenvalue weighted by molar-refractivity contribution is 5.97. The van der Waals surface area contributed by atoms with E-state index in [1.807, 2.05) is 43.3 Å². The first-order valence-electron chi connectivity index (χ1n) is 10.7. The third-order valence-electron chi connectivity index (χ3n) is 6.60. The SMILES string of the molecule is Cc1ccc(OC[C@@H]2CCN2C)cc1C(=O)NC1(c2cccc3ncccc23)CC1. The second-order valence-corrected chi connectivity index (χ2v) is 8.62. The van der Waals surface area contributed by atoms with E-state index in [4.69, 9.17) is 4.74 Å². The van der Waals surface area contributed by atoms with Crippen molar-refractivity contribution in [1.29, 1.82) is 0 Å². The minimum atomic E-state index is -0.308. The Labute approximate surface area is 177 Å². The molecule has 0 unspecified atom stereocenters. The summed E-state index contributed by atoms with van der Waals surface area (Å²) >= 11 is 0. The van der Waals surface area contributed by atoms with Crippen LogP contribution in [0.5, 0.6) is 5.75 Å². The summed E-state index contributed by atoms with van der Waals surface area (Å²) in [5.74, 6) is 0.711. The molecule has 2 aliphatic rings. The number of rotatable bonds is 6. The Morgan fingerprint density at radius 1 is 1.23 bits per heavy atom. The molecule has 2 fully saturated rings. The van der Waals surface area contributed by atoms with E-state index in [-0.39, 0.29) is 11.4 Å². The van der Waals surface area contributed by atoms with Crippen LogP contribution in [0.3, 0.4) is 0 Å². The number of likely N-dealkylation sites (tertiary alicyclic amines) is 1. The van der Waals surface area contributed by atoms with Gasteiger partial charge in [-0.05, 0) is 75.2 Å². The molecule has 1 saturated heterocycles. The van der Waals surface area contributed by atoms with Crippen LogP contribution in [0, 0.1) is 6.92 Å². The van der Waals surface area contributed by atoms with Gasteiger partial charge in [-0.2, -0.15) is 0 Å². The molecule has 2 aromatic carbocycles. The Kier molecular flexibility index (Phi) is 4.70. The van der Waals surface area contributed by atoms with Gasteiger partial charge in [0, 0.05) is 23.2 Å². The topological polar surface area (TPSA) is 54.5 Å². The lowest BCUT2D eigenvalue weighted by Crippen LogP contribution is -2.48. The van der Waals surface area contributed by atoms with Crippen molar-refractivity contribution in [1.82, 2.24) is 15.2 Å². The fourth-order valence-corrected chi connectivity index (χ4v) is 4.30. The number of hydrogen-bond donors (Lipinski definition) is 1. The molecule has 30 heavy (non-hydrogen) atoms. The van der Waals surface area contributed by atoms with Gasteiger partial charge in [0.15, 0.2) is 0 Å². The minimum absolute atomic E-state index is 0.0443. The van der Waals surface area contributed by atoms with Gasteiger partial charge in [-0.15, -0.1) is 0 Å². The van der Waals surface area contributed by atoms with Gasteiger partial charge >= 0.3 is 0 Å². The van der Waals surface area contributed by atoms with Crippen LogP contribution in [0.25, 0.3) is 10.9 Å². The lowest BCUT2D eigenvalue weighted by molar-refractivity contribution is 0.0767. The number of benzene rings is 2. The molecule has 1 atom stereocenters. The molecule has 0 radical (unpaired) electrons. The number of likely N-dealkylation sites (N-methyl/N-ethyl adjacent to an activating group) is 1. The second-order valence-electron chi connectivity index (χ2n) is 8.62. The first-order chi connectivity index (χ1) is 14.6. The molecule has 154 valence electrons. The van der Waals surface area contributed by atoms with E-state index in [1.165, 1.54) is 0 Å². The van der Waals surface area contributed by atoms with E-state index in [1.54, 1.807) is 6.20 Å². The van der Waals surface area contributed by atoms with Crippen molar-refractivity contribution in [2.45, 2.75) is 37.8 Å². The molecule has 0 spiro atoms. The van der Waals surface area contributed by atoms with Crippen molar-refractivity contribution in [2.75, 3.05) is 20.2 Å². The minimum Gasteiger partial charge on any atom is -0.492 e. The van der Waals surface area contributed by atoms with Gasteiger partial charge in [-0.3, -0.25) is 14.7 Å². The van der Waals surface area contributed by atoms with Gasteiger partial charge in [0.05, 0.1) is 11.1 Å². The number of amides is 1. The number of hydrogen-bond acceptors (Lipinski definition) is 4. The van der Waals surface area contributed by atoms with Crippen LogP contribution in [0.4, 0.5) is 0 Å². The van der Waals surface area contributed by atoms with Gasteiger partial charge in [0.25, 0.3) is 5.91 Å². The molecule has 0 bridgehead atoms. The number of ether oxygens (including phenoxy) is 1. The molecule has 5 rings (SSSR count). The van der Waals surface area contributed by atoms with E-state index in [0.717, 1.165) is 53.6 Å². The van der Waals surface area contributed by atoms with Crippen molar-refractivity contribution in [3.05, 3.63) is 71.4 Å². The summed E-state index contributed by atoms with van der Waals surface area (Å²) < 4.78 is 5.98. The molecule has 1 amide bonds. The van der Waals surface area contributed by atoms with Crippen molar-refractivity contribution in [3.8, 4) is 5.75 Å². The first kappa shape index (κ1) is 19.1. The number of carbonyl (C=O) groups excluding carboxylic acids is 1. The van der Waals surface area contributed by atoms with Crippen LogP contribution in [-0.4, -0.2) is 42.0 Å². The number of nitrogens with zero attached hydrogens (tertiary/aromatic N) is 2. The average molecular weight is 402 g/mol. The zero-order chi connectivity index (χ0) is 20.7. The monoisotopic (exact) mass is 401 g/mol. The van der Waals surface area contributed by atoms with Crippen LogP contribution >= 0.6 is 0 Å². The largest absolute Gasteiger partial charge is 0.492 e. The lowest BCUT2D eigenvalue weighted by Gasteiger charge is -2.37. The molecule has 5 nitrogen and oxygen atoms in total. The van der Waals surface area contributed by atoms with Crippen molar-refractivity contribution < 1.29 is 9.53 Å². The average Bonchev–Trinajstić information content (AvgIpc) is 3.53. The molecular formula is C25H27N3O2. The molecule has 5 heteroatoms. The van der Waals surface area contributed by atoms with Crippen molar-refractivity contribution in [3.63, 3.8) is 0 Å². The highest BCUT2D eigenvalue weighted by atomic mass is 16.5. The quantitative estimate of drug-likeness (QED) is 0.677. The molecule has 1 aliphatic heterocycles. The standard InChI is InChI=1S/C25H27N3O2/c1-17-8-9-19(30-16-18-10-14-28(18)2)15-21(17)24(29)27-25(11-12-25)22-6-3-7-23-20(22)5-4-13-26-23/h3-9,13,15,18H,10-12,14,16H2,1-2H3,(H,27,29)/t18-/m0/s1. The van der Waals surface area contributed by atoms with Crippen LogP contribution in [0.1, 0.15) is 40.7 Å². The van der Waals surface area contributed by atoms with Gasteiger partial charge in [-0.1, -0.05) is 24.3 Å². The van der Waals surface area contributed by atoms with Crippen LogP contribution in [0.15, 0.2) is 54.7 Å². The molecular weight excluding hydrogens is 374 g/mol. The Hall–Kier alpha value is -2.92. The van der Waals surface area contributed by atoms with Gasteiger partial charge < -0.3 is 10.1 Å². The Balaban J connectivity index is 1.36. The van der Waals surface area contributed by atoms with Crippen molar-refractivity contribution >= 4 is 16.8 Å².